The molecule has 16 heavy (non-hydrogen) atoms. The molecule has 0 radical (unpaired) electrons. The van der Waals surface area contributed by atoms with Crippen LogP contribution in [0.3, 0.4) is 0 Å². The number of piperidine rings is 1. The molecule has 1 aliphatic rings. The number of halogens is 1. The van der Waals surface area contributed by atoms with Crippen LogP contribution in [0.15, 0.2) is 18.2 Å². The monoisotopic (exact) mass is 223 g/mol. The van der Waals surface area contributed by atoms with Gasteiger partial charge in [-0.1, -0.05) is 13.0 Å². The van der Waals surface area contributed by atoms with Crippen molar-refractivity contribution in [1.82, 2.24) is 5.32 Å². The topological polar surface area (TPSA) is 21.3 Å². The van der Waals surface area contributed by atoms with Crippen LogP contribution >= 0.6 is 0 Å². The lowest BCUT2D eigenvalue weighted by Gasteiger charge is -2.28. The number of hydrogen-bond donors (Lipinski definition) is 1. The molecular weight excluding hydrogens is 205 g/mol. The third-order valence-corrected chi connectivity index (χ3v) is 3.24. The maximum atomic E-state index is 13.8. The zero-order valence-corrected chi connectivity index (χ0v) is 9.79. The molecule has 1 heterocycles. The fraction of sp³-hybridized carbons (Fsp3) is 0.538. The Hall–Kier alpha value is -1.09. The lowest BCUT2D eigenvalue weighted by molar-refractivity contribution is 0.326. The average Bonchev–Trinajstić information content (AvgIpc) is 2.30. The van der Waals surface area contributed by atoms with Crippen LogP contribution in [0.2, 0.25) is 0 Å². The second kappa shape index (κ2) is 4.83. The first-order valence-electron chi connectivity index (χ1n) is 5.77. The number of nitrogens with one attached hydrogen (secondary N) is 1. The molecule has 2 unspecified atom stereocenters. The van der Waals surface area contributed by atoms with Crippen LogP contribution in [0.5, 0.6) is 5.75 Å². The average molecular weight is 223 g/mol. The molecule has 0 aromatic heterocycles. The first kappa shape index (κ1) is 11.4. The molecule has 2 rings (SSSR count). The van der Waals surface area contributed by atoms with Gasteiger partial charge in [0.1, 0.15) is 11.6 Å². The normalized spacial score (nSPS) is 25.4. The first-order valence-corrected chi connectivity index (χ1v) is 5.77. The van der Waals surface area contributed by atoms with Crippen molar-refractivity contribution in [2.45, 2.75) is 25.8 Å². The molecule has 1 aliphatic heterocycles. The van der Waals surface area contributed by atoms with Gasteiger partial charge in [-0.3, -0.25) is 0 Å². The van der Waals surface area contributed by atoms with E-state index in [1.54, 1.807) is 7.11 Å². The van der Waals surface area contributed by atoms with Crippen molar-refractivity contribution in [3.63, 3.8) is 0 Å². The fourth-order valence-corrected chi connectivity index (χ4v) is 2.18. The molecule has 0 spiro atoms. The summed E-state index contributed by atoms with van der Waals surface area (Å²) >= 11 is 0. The molecule has 1 aromatic carbocycles. The SMILES string of the molecule is COc1ccc(C2CCC(C)CN2)c(F)c1. The summed E-state index contributed by atoms with van der Waals surface area (Å²) < 4.78 is 18.8. The van der Waals surface area contributed by atoms with Gasteiger partial charge in [-0.05, 0) is 31.4 Å². The van der Waals surface area contributed by atoms with Crippen LogP contribution in [0, 0.1) is 11.7 Å². The van der Waals surface area contributed by atoms with E-state index in [1.165, 1.54) is 6.07 Å². The Kier molecular flexibility index (Phi) is 3.44. The van der Waals surface area contributed by atoms with Gasteiger partial charge in [-0.25, -0.2) is 4.39 Å². The molecule has 88 valence electrons. The highest BCUT2D eigenvalue weighted by Crippen LogP contribution is 2.28. The molecule has 1 N–H and O–H groups in total. The molecule has 2 atom stereocenters. The van der Waals surface area contributed by atoms with Gasteiger partial charge in [0, 0.05) is 17.7 Å². The predicted molar refractivity (Wildman–Crippen MR) is 62.1 cm³/mol. The Morgan fingerprint density at radius 1 is 1.38 bits per heavy atom. The summed E-state index contributed by atoms with van der Waals surface area (Å²) in [5.41, 5.74) is 0.757. The highest BCUT2D eigenvalue weighted by atomic mass is 19.1. The summed E-state index contributed by atoms with van der Waals surface area (Å²) in [6, 6.07) is 5.25. The third kappa shape index (κ3) is 2.35. The number of benzene rings is 1. The van der Waals surface area contributed by atoms with Crippen LogP contribution in [0.25, 0.3) is 0 Å². The standard InChI is InChI=1S/C13H18FNO/c1-9-3-6-13(15-8-9)11-5-4-10(16-2)7-12(11)14/h4-5,7,9,13,15H,3,6,8H2,1-2H3. The number of hydrogen-bond acceptors (Lipinski definition) is 2. The first-order chi connectivity index (χ1) is 7.70. The van der Waals surface area contributed by atoms with Crippen LogP contribution in [0.4, 0.5) is 4.39 Å². The highest BCUT2D eigenvalue weighted by Gasteiger charge is 2.21. The van der Waals surface area contributed by atoms with Crippen molar-refractivity contribution in [2.75, 3.05) is 13.7 Å². The van der Waals surface area contributed by atoms with Crippen molar-refractivity contribution < 1.29 is 9.13 Å². The molecule has 0 amide bonds. The smallest absolute Gasteiger partial charge is 0.131 e. The van der Waals surface area contributed by atoms with Crippen molar-refractivity contribution in [1.29, 1.82) is 0 Å². The van der Waals surface area contributed by atoms with Crippen molar-refractivity contribution >= 4 is 0 Å². The molecule has 1 fully saturated rings. The van der Waals surface area contributed by atoms with Gasteiger partial charge in [0.2, 0.25) is 0 Å². The summed E-state index contributed by atoms with van der Waals surface area (Å²) in [7, 11) is 1.55. The molecule has 1 saturated heterocycles. The van der Waals surface area contributed by atoms with E-state index in [9.17, 15) is 4.39 Å². The Morgan fingerprint density at radius 3 is 2.75 bits per heavy atom. The van der Waals surface area contributed by atoms with Crippen molar-refractivity contribution in [3.8, 4) is 5.75 Å². The molecule has 1 aromatic rings. The minimum Gasteiger partial charge on any atom is -0.497 e. The Balaban J connectivity index is 2.14. The minimum atomic E-state index is -0.175. The Bertz CT molecular complexity index is 359. The zero-order valence-electron chi connectivity index (χ0n) is 9.79. The van der Waals surface area contributed by atoms with Crippen molar-refractivity contribution in [2.24, 2.45) is 5.92 Å². The van der Waals surface area contributed by atoms with Crippen LogP contribution in [-0.2, 0) is 0 Å². The summed E-state index contributed by atoms with van der Waals surface area (Å²) in [5, 5.41) is 3.38. The maximum Gasteiger partial charge on any atom is 0.131 e. The Morgan fingerprint density at radius 2 is 2.19 bits per heavy atom. The van der Waals surface area contributed by atoms with E-state index in [1.807, 2.05) is 12.1 Å². The van der Waals surface area contributed by atoms with E-state index in [2.05, 4.69) is 12.2 Å². The highest BCUT2D eigenvalue weighted by molar-refractivity contribution is 5.31. The number of ether oxygens (including phenoxy) is 1. The van der Waals surface area contributed by atoms with Gasteiger partial charge in [0.15, 0.2) is 0 Å². The number of methoxy groups -OCH3 is 1. The van der Waals surface area contributed by atoms with E-state index < -0.39 is 0 Å². The minimum absolute atomic E-state index is 0.155. The summed E-state index contributed by atoms with van der Waals surface area (Å²) in [6.07, 6.45) is 2.16. The quantitative estimate of drug-likeness (QED) is 0.832. The zero-order chi connectivity index (χ0) is 11.5. The number of rotatable bonds is 2. The molecule has 0 aliphatic carbocycles. The summed E-state index contributed by atoms with van der Waals surface area (Å²) in [4.78, 5) is 0. The Labute approximate surface area is 95.8 Å². The predicted octanol–water partition coefficient (Wildman–Crippen LogP) is 2.89. The van der Waals surface area contributed by atoms with Crippen LogP contribution in [-0.4, -0.2) is 13.7 Å². The van der Waals surface area contributed by atoms with Gasteiger partial charge in [0.05, 0.1) is 7.11 Å². The van der Waals surface area contributed by atoms with Gasteiger partial charge >= 0.3 is 0 Å². The second-order valence-corrected chi connectivity index (χ2v) is 4.53. The van der Waals surface area contributed by atoms with Crippen LogP contribution in [0.1, 0.15) is 31.4 Å². The second-order valence-electron chi connectivity index (χ2n) is 4.53. The van der Waals surface area contributed by atoms with Gasteiger partial charge in [-0.2, -0.15) is 0 Å². The van der Waals surface area contributed by atoms with Gasteiger partial charge in [-0.15, -0.1) is 0 Å². The van der Waals surface area contributed by atoms with Gasteiger partial charge < -0.3 is 10.1 Å². The molecule has 0 bridgehead atoms. The molecule has 2 nitrogen and oxygen atoms in total. The van der Waals surface area contributed by atoms with Crippen LogP contribution < -0.4 is 10.1 Å². The fourth-order valence-electron chi connectivity index (χ4n) is 2.18. The third-order valence-electron chi connectivity index (χ3n) is 3.24. The van der Waals surface area contributed by atoms with E-state index in [-0.39, 0.29) is 11.9 Å². The van der Waals surface area contributed by atoms with E-state index in [0.29, 0.717) is 11.7 Å². The summed E-state index contributed by atoms with van der Waals surface area (Å²) in [6.45, 7) is 3.18. The maximum absolute atomic E-state index is 13.8. The molecule has 0 saturated carbocycles. The van der Waals surface area contributed by atoms with E-state index in [0.717, 1.165) is 24.9 Å². The molecular formula is C13H18FNO. The van der Waals surface area contributed by atoms with Crippen molar-refractivity contribution in [3.05, 3.63) is 29.6 Å². The van der Waals surface area contributed by atoms with E-state index >= 15 is 0 Å². The van der Waals surface area contributed by atoms with E-state index in [4.69, 9.17) is 4.74 Å². The molecule has 3 heteroatoms. The van der Waals surface area contributed by atoms with Gasteiger partial charge in [0.25, 0.3) is 0 Å². The lowest BCUT2D eigenvalue weighted by atomic mass is 9.92. The summed E-state index contributed by atoms with van der Waals surface area (Å²) in [5.74, 6) is 1.09. The largest absolute Gasteiger partial charge is 0.497 e. The lowest BCUT2D eigenvalue weighted by Crippen LogP contribution is -2.32.